The summed E-state index contributed by atoms with van der Waals surface area (Å²) in [6.07, 6.45) is -1.97. The van der Waals surface area contributed by atoms with Crippen LogP contribution in [-0.4, -0.2) is 38.7 Å². The molecule has 0 unspecified atom stereocenters. The monoisotopic (exact) mass is 332 g/mol. The third kappa shape index (κ3) is 2.18. The summed E-state index contributed by atoms with van der Waals surface area (Å²) in [4.78, 5) is 0. The van der Waals surface area contributed by atoms with E-state index in [1.165, 1.54) is 28.4 Å². The lowest BCUT2D eigenvalue weighted by Gasteiger charge is -2.32. The normalized spacial score (nSPS) is 18.4. The van der Waals surface area contributed by atoms with Crippen LogP contribution < -0.4 is 18.9 Å². The van der Waals surface area contributed by atoms with Gasteiger partial charge in [0, 0.05) is 11.1 Å². The molecule has 0 saturated heterocycles. The molecule has 0 amide bonds. The summed E-state index contributed by atoms with van der Waals surface area (Å²) in [6, 6.07) is 6.87. The Balaban J connectivity index is 2.31. The summed E-state index contributed by atoms with van der Waals surface area (Å²) in [5, 5.41) is 21.8. The molecule has 0 bridgehead atoms. The van der Waals surface area contributed by atoms with Gasteiger partial charge in [0.05, 0.1) is 28.4 Å². The van der Waals surface area contributed by atoms with Gasteiger partial charge in [-0.05, 0) is 23.3 Å². The number of hydrogen-bond donors (Lipinski definition) is 2. The van der Waals surface area contributed by atoms with Gasteiger partial charge in [-0.25, -0.2) is 0 Å². The van der Waals surface area contributed by atoms with Crippen molar-refractivity contribution in [3.63, 3.8) is 0 Å². The Kier molecular flexibility index (Phi) is 4.26. The molecule has 0 radical (unpaired) electrons. The lowest BCUT2D eigenvalue weighted by molar-refractivity contribution is 0.164. The average molecular weight is 332 g/mol. The van der Waals surface area contributed by atoms with E-state index in [0.29, 0.717) is 45.3 Å². The van der Waals surface area contributed by atoms with E-state index in [1.807, 2.05) is 0 Å². The summed E-state index contributed by atoms with van der Waals surface area (Å²) in [7, 11) is 6.03. The van der Waals surface area contributed by atoms with E-state index in [2.05, 4.69) is 0 Å². The number of hydrogen-bond acceptors (Lipinski definition) is 6. The molecule has 2 aromatic carbocycles. The SMILES string of the molecule is COc1ccc2c(c1OC)C(O)c1c(ccc(OC)c1OC)C2O. The van der Waals surface area contributed by atoms with Gasteiger partial charge in [-0.3, -0.25) is 0 Å². The molecule has 2 aromatic rings. The van der Waals surface area contributed by atoms with Crippen LogP contribution in [0.2, 0.25) is 0 Å². The molecular formula is C18H20O6. The number of ether oxygens (including phenoxy) is 4. The molecule has 0 saturated carbocycles. The van der Waals surface area contributed by atoms with Crippen LogP contribution in [0.1, 0.15) is 34.5 Å². The summed E-state index contributed by atoms with van der Waals surface area (Å²) in [6.45, 7) is 0. The van der Waals surface area contributed by atoms with Gasteiger partial charge in [-0.2, -0.15) is 0 Å². The number of rotatable bonds is 4. The first-order valence-electron chi connectivity index (χ1n) is 7.44. The van der Waals surface area contributed by atoms with Gasteiger partial charge in [0.1, 0.15) is 12.2 Å². The molecule has 0 aromatic heterocycles. The van der Waals surface area contributed by atoms with Crippen LogP contribution in [0.4, 0.5) is 0 Å². The van der Waals surface area contributed by atoms with E-state index in [4.69, 9.17) is 18.9 Å². The zero-order valence-electron chi connectivity index (χ0n) is 14.0. The molecule has 0 heterocycles. The highest BCUT2D eigenvalue weighted by molar-refractivity contribution is 5.64. The van der Waals surface area contributed by atoms with Gasteiger partial charge >= 0.3 is 0 Å². The number of aliphatic hydroxyl groups excluding tert-OH is 2. The molecule has 24 heavy (non-hydrogen) atoms. The van der Waals surface area contributed by atoms with Gasteiger partial charge in [0.25, 0.3) is 0 Å². The third-order valence-electron chi connectivity index (χ3n) is 4.37. The van der Waals surface area contributed by atoms with Crippen molar-refractivity contribution >= 4 is 0 Å². The standard InChI is InChI=1S/C18H20O6/c1-21-11-7-5-9-13(17(11)23-3)16(20)14-10(15(9)19)6-8-12(22-2)18(14)24-4/h5-8,15-16,19-20H,1-4H3. The first-order chi connectivity index (χ1) is 11.6. The fourth-order valence-electron chi connectivity index (χ4n) is 3.28. The molecule has 1 aliphatic rings. The smallest absolute Gasteiger partial charge is 0.167 e. The van der Waals surface area contributed by atoms with E-state index in [0.717, 1.165) is 0 Å². The van der Waals surface area contributed by atoms with Crippen LogP contribution in [0, 0.1) is 0 Å². The van der Waals surface area contributed by atoms with Gasteiger partial charge < -0.3 is 29.2 Å². The number of fused-ring (bicyclic) bond motifs is 2. The first-order valence-corrected chi connectivity index (χ1v) is 7.44. The Bertz CT molecular complexity index is 707. The van der Waals surface area contributed by atoms with Crippen LogP contribution in [-0.2, 0) is 0 Å². The van der Waals surface area contributed by atoms with E-state index >= 15 is 0 Å². The second-order valence-corrected chi connectivity index (χ2v) is 5.41. The van der Waals surface area contributed by atoms with Crippen molar-refractivity contribution in [2.75, 3.05) is 28.4 Å². The lowest BCUT2D eigenvalue weighted by atomic mass is 9.80. The number of benzene rings is 2. The molecule has 0 aliphatic heterocycles. The highest BCUT2D eigenvalue weighted by Crippen LogP contribution is 2.52. The molecule has 6 heteroatoms. The van der Waals surface area contributed by atoms with Crippen LogP contribution in [0.15, 0.2) is 24.3 Å². The van der Waals surface area contributed by atoms with E-state index in [1.54, 1.807) is 24.3 Å². The zero-order chi connectivity index (χ0) is 17.4. The van der Waals surface area contributed by atoms with Gasteiger partial charge in [0.2, 0.25) is 0 Å². The molecule has 128 valence electrons. The topological polar surface area (TPSA) is 77.4 Å². The minimum Gasteiger partial charge on any atom is -0.493 e. The van der Waals surface area contributed by atoms with E-state index in [-0.39, 0.29) is 0 Å². The molecule has 3 rings (SSSR count). The Hall–Kier alpha value is -2.44. The fraction of sp³-hybridized carbons (Fsp3) is 0.333. The van der Waals surface area contributed by atoms with Crippen LogP contribution in [0.3, 0.4) is 0 Å². The molecule has 2 N–H and O–H groups in total. The van der Waals surface area contributed by atoms with Crippen molar-refractivity contribution in [2.45, 2.75) is 12.2 Å². The molecule has 1 aliphatic carbocycles. The summed E-state index contributed by atoms with van der Waals surface area (Å²) >= 11 is 0. The Labute approximate surface area is 140 Å². The quantitative estimate of drug-likeness (QED) is 0.894. The summed E-state index contributed by atoms with van der Waals surface area (Å²) in [5.41, 5.74) is 2.06. The Morgan fingerprint density at radius 3 is 1.38 bits per heavy atom. The maximum atomic E-state index is 11.0. The molecule has 0 spiro atoms. The third-order valence-corrected chi connectivity index (χ3v) is 4.37. The number of aliphatic hydroxyl groups is 2. The lowest BCUT2D eigenvalue weighted by Crippen LogP contribution is -2.20. The second-order valence-electron chi connectivity index (χ2n) is 5.41. The van der Waals surface area contributed by atoms with E-state index in [9.17, 15) is 10.2 Å². The fourth-order valence-corrected chi connectivity index (χ4v) is 3.28. The maximum absolute atomic E-state index is 11.0. The first kappa shape index (κ1) is 16.4. The largest absolute Gasteiger partial charge is 0.493 e. The summed E-state index contributed by atoms with van der Waals surface area (Å²) < 4.78 is 21.5. The van der Waals surface area contributed by atoms with Gasteiger partial charge in [-0.1, -0.05) is 12.1 Å². The zero-order valence-corrected chi connectivity index (χ0v) is 14.0. The van der Waals surface area contributed by atoms with Crippen molar-refractivity contribution in [2.24, 2.45) is 0 Å². The van der Waals surface area contributed by atoms with Crippen molar-refractivity contribution in [1.82, 2.24) is 0 Å². The van der Waals surface area contributed by atoms with Crippen molar-refractivity contribution in [3.8, 4) is 23.0 Å². The van der Waals surface area contributed by atoms with Gasteiger partial charge in [0.15, 0.2) is 23.0 Å². The molecular weight excluding hydrogens is 312 g/mol. The van der Waals surface area contributed by atoms with E-state index < -0.39 is 12.2 Å². The predicted octanol–water partition coefficient (Wildman–Crippen LogP) is 2.20. The minimum absolute atomic E-state index is 0.386. The van der Waals surface area contributed by atoms with Crippen molar-refractivity contribution in [3.05, 3.63) is 46.5 Å². The van der Waals surface area contributed by atoms with Crippen LogP contribution >= 0.6 is 0 Å². The molecule has 0 fully saturated rings. The van der Waals surface area contributed by atoms with Crippen molar-refractivity contribution in [1.29, 1.82) is 0 Å². The minimum atomic E-state index is -1.05. The van der Waals surface area contributed by atoms with Crippen LogP contribution in [0.5, 0.6) is 23.0 Å². The average Bonchev–Trinajstić information content (AvgIpc) is 2.63. The van der Waals surface area contributed by atoms with Gasteiger partial charge in [-0.15, -0.1) is 0 Å². The highest BCUT2D eigenvalue weighted by Gasteiger charge is 2.37. The predicted molar refractivity (Wildman–Crippen MR) is 87.2 cm³/mol. The maximum Gasteiger partial charge on any atom is 0.167 e. The number of methoxy groups -OCH3 is 4. The molecule has 0 atom stereocenters. The Morgan fingerprint density at radius 2 is 1.04 bits per heavy atom. The second kappa shape index (κ2) is 6.22. The molecule has 6 nitrogen and oxygen atoms in total. The van der Waals surface area contributed by atoms with Crippen LogP contribution in [0.25, 0.3) is 0 Å². The highest BCUT2D eigenvalue weighted by atomic mass is 16.5. The van der Waals surface area contributed by atoms with Crippen molar-refractivity contribution < 1.29 is 29.2 Å². The Morgan fingerprint density at radius 1 is 0.625 bits per heavy atom. The summed E-state index contributed by atoms with van der Waals surface area (Å²) in [5.74, 6) is 1.73.